The van der Waals surface area contributed by atoms with Gasteiger partial charge in [-0.25, -0.2) is 8.42 Å². The maximum atomic E-state index is 11.8. The Hall–Kier alpha value is -1.58. The monoisotopic (exact) mass is 268 g/mol. The molecule has 98 valence electrons. The van der Waals surface area contributed by atoms with Gasteiger partial charge in [0, 0.05) is 0 Å². The smallest absolute Gasteiger partial charge is 0.154 e. The topological polar surface area (TPSA) is 93.2 Å². The Bertz CT molecular complexity index is 547. The van der Waals surface area contributed by atoms with Gasteiger partial charge in [-0.1, -0.05) is 6.07 Å². The molecule has 6 heteroatoms. The molecule has 0 saturated carbocycles. The first-order valence-electron chi connectivity index (χ1n) is 5.50. The molecule has 0 aliphatic carbocycles. The van der Waals surface area contributed by atoms with Crippen molar-refractivity contribution in [3.63, 3.8) is 0 Å². The second kappa shape index (κ2) is 6.38. The highest BCUT2D eigenvalue weighted by molar-refractivity contribution is 7.90. The van der Waals surface area contributed by atoms with E-state index in [0.29, 0.717) is 29.8 Å². The lowest BCUT2D eigenvalue weighted by Gasteiger charge is -2.07. The highest BCUT2D eigenvalue weighted by atomic mass is 32.2. The minimum Gasteiger partial charge on any atom is -0.495 e. The van der Waals surface area contributed by atoms with Crippen LogP contribution in [0.4, 0.5) is 0 Å². The van der Waals surface area contributed by atoms with Gasteiger partial charge in [-0.2, -0.15) is 5.26 Å². The van der Waals surface area contributed by atoms with Crippen LogP contribution in [0.3, 0.4) is 0 Å². The van der Waals surface area contributed by atoms with Crippen molar-refractivity contribution in [3.05, 3.63) is 29.3 Å². The summed E-state index contributed by atoms with van der Waals surface area (Å²) in [4.78, 5) is 0. The summed E-state index contributed by atoms with van der Waals surface area (Å²) < 4.78 is 28.5. The van der Waals surface area contributed by atoms with E-state index in [1.165, 1.54) is 7.11 Å². The van der Waals surface area contributed by atoms with Crippen molar-refractivity contribution in [1.82, 2.24) is 0 Å². The van der Waals surface area contributed by atoms with Crippen LogP contribution in [0.1, 0.15) is 17.5 Å². The zero-order chi connectivity index (χ0) is 13.6. The third kappa shape index (κ3) is 4.02. The summed E-state index contributed by atoms with van der Waals surface area (Å²) in [5.41, 5.74) is 6.30. The Morgan fingerprint density at radius 1 is 1.44 bits per heavy atom. The molecule has 0 radical (unpaired) electrons. The standard InChI is InChI=1S/C12H16N2O3S/c1-17-12-7-10(3-4-11(12)8-14)9-18(15,16)6-2-5-13/h3-4,7H,2,5-6,9,13H2,1H3. The summed E-state index contributed by atoms with van der Waals surface area (Å²) in [5, 5.41) is 8.83. The Balaban J connectivity index is 2.89. The fraction of sp³-hybridized carbons (Fsp3) is 0.417. The summed E-state index contributed by atoms with van der Waals surface area (Å²) in [7, 11) is -1.71. The Kier molecular flexibility index (Phi) is 5.13. The first-order chi connectivity index (χ1) is 8.52. The molecule has 0 unspecified atom stereocenters. The van der Waals surface area contributed by atoms with Crippen molar-refractivity contribution in [2.45, 2.75) is 12.2 Å². The molecule has 0 bridgehead atoms. The molecule has 1 aromatic carbocycles. The number of rotatable bonds is 6. The van der Waals surface area contributed by atoms with Crippen molar-refractivity contribution in [2.75, 3.05) is 19.4 Å². The van der Waals surface area contributed by atoms with E-state index in [9.17, 15) is 8.42 Å². The van der Waals surface area contributed by atoms with Crippen LogP contribution in [0.2, 0.25) is 0 Å². The van der Waals surface area contributed by atoms with Gasteiger partial charge in [-0.15, -0.1) is 0 Å². The second-order valence-corrected chi connectivity index (χ2v) is 6.06. The Labute approximate surface area is 107 Å². The SMILES string of the molecule is COc1cc(CS(=O)(=O)CCCN)ccc1C#N. The summed E-state index contributed by atoms with van der Waals surface area (Å²) in [6.45, 7) is 0.357. The maximum absolute atomic E-state index is 11.8. The highest BCUT2D eigenvalue weighted by Gasteiger charge is 2.13. The van der Waals surface area contributed by atoms with Crippen molar-refractivity contribution in [1.29, 1.82) is 5.26 Å². The second-order valence-electron chi connectivity index (χ2n) is 3.88. The molecule has 2 N–H and O–H groups in total. The van der Waals surface area contributed by atoms with Crippen molar-refractivity contribution in [2.24, 2.45) is 5.73 Å². The molecule has 0 amide bonds. The number of sulfone groups is 1. The molecule has 0 atom stereocenters. The summed E-state index contributed by atoms with van der Waals surface area (Å²) in [6.07, 6.45) is 0.454. The van der Waals surface area contributed by atoms with Crippen LogP contribution in [0.25, 0.3) is 0 Å². The highest BCUT2D eigenvalue weighted by Crippen LogP contribution is 2.20. The summed E-state index contributed by atoms with van der Waals surface area (Å²) in [5.74, 6) is 0.407. The van der Waals surface area contributed by atoms with Crippen molar-refractivity contribution in [3.8, 4) is 11.8 Å². The minimum atomic E-state index is -3.16. The van der Waals surface area contributed by atoms with Gasteiger partial charge in [-0.3, -0.25) is 0 Å². The largest absolute Gasteiger partial charge is 0.495 e. The molecule has 0 saturated heterocycles. The molecule has 0 heterocycles. The van der Waals surface area contributed by atoms with Gasteiger partial charge in [0.15, 0.2) is 9.84 Å². The maximum Gasteiger partial charge on any atom is 0.154 e. The van der Waals surface area contributed by atoms with Gasteiger partial charge < -0.3 is 10.5 Å². The zero-order valence-electron chi connectivity index (χ0n) is 10.2. The van der Waals surface area contributed by atoms with Crippen LogP contribution < -0.4 is 10.5 Å². The summed E-state index contributed by atoms with van der Waals surface area (Å²) in [6, 6.07) is 6.75. The Morgan fingerprint density at radius 2 is 2.17 bits per heavy atom. The third-order valence-electron chi connectivity index (χ3n) is 2.43. The predicted molar refractivity (Wildman–Crippen MR) is 68.9 cm³/mol. The number of nitriles is 1. The first-order valence-corrected chi connectivity index (χ1v) is 7.32. The minimum absolute atomic E-state index is 0.0604. The normalized spacial score (nSPS) is 10.9. The molecule has 5 nitrogen and oxygen atoms in total. The molecular weight excluding hydrogens is 252 g/mol. The van der Waals surface area contributed by atoms with Gasteiger partial charge in [-0.05, 0) is 30.7 Å². The molecule has 0 aromatic heterocycles. The first kappa shape index (κ1) is 14.5. The van der Waals surface area contributed by atoms with E-state index in [1.54, 1.807) is 18.2 Å². The fourth-order valence-corrected chi connectivity index (χ4v) is 2.99. The third-order valence-corrected chi connectivity index (χ3v) is 4.12. The number of hydrogen-bond donors (Lipinski definition) is 1. The predicted octanol–water partition coefficient (Wildman–Crippen LogP) is 0.830. The van der Waals surface area contributed by atoms with Crippen LogP contribution in [-0.2, 0) is 15.6 Å². The number of methoxy groups -OCH3 is 1. The number of nitrogens with two attached hydrogens (primary N) is 1. The van der Waals surface area contributed by atoms with E-state index in [1.807, 2.05) is 6.07 Å². The van der Waals surface area contributed by atoms with Gasteiger partial charge >= 0.3 is 0 Å². The van der Waals surface area contributed by atoms with Crippen LogP contribution in [-0.4, -0.2) is 27.8 Å². The Morgan fingerprint density at radius 3 is 2.72 bits per heavy atom. The average molecular weight is 268 g/mol. The molecule has 18 heavy (non-hydrogen) atoms. The van der Waals surface area contributed by atoms with E-state index in [-0.39, 0.29) is 11.5 Å². The number of ether oxygens (including phenoxy) is 1. The van der Waals surface area contributed by atoms with E-state index in [4.69, 9.17) is 15.7 Å². The lowest BCUT2D eigenvalue weighted by molar-refractivity contribution is 0.413. The lowest BCUT2D eigenvalue weighted by atomic mass is 10.1. The summed E-state index contributed by atoms with van der Waals surface area (Å²) >= 11 is 0. The molecule has 0 aliphatic heterocycles. The van der Waals surface area contributed by atoms with Crippen molar-refractivity contribution < 1.29 is 13.2 Å². The average Bonchev–Trinajstić information content (AvgIpc) is 2.35. The van der Waals surface area contributed by atoms with E-state index < -0.39 is 9.84 Å². The van der Waals surface area contributed by atoms with E-state index in [2.05, 4.69) is 0 Å². The van der Waals surface area contributed by atoms with Crippen LogP contribution in [0, 0.1) is 11.3 Å². The van der Waals surface area contributed by atoms with Gasteiger partial charge in [0.05, 0.1) is 24.2 Å². The number of nitrogens with zero attached hydrogens (tertiary/aromatic N) is 1. The molecule has 0 aliphatic rings. The van der Waals surface area contributed by atoms with Gasteiger partial charge in [0.2, 0.25) is 0 Å². The van der Waals surface area contributed by atoms with Gasteiger partial charge in [0.25, 0.3) is 0 Å². The molecule has 0 spiro atoms. The van der Waals surface area contributed by atoms with Gasteiger partial charge in [0.1, 0.15) is 11.8 Å². The number of benzene rings is 1. The zero-order valence-corrected chi connectivity index (χ0v) is 11.0. The quantitative estimate of drug-likeness (QED) is 0.824. The fourth-order valence-electron chi connectivity index (χ4n) is 1.55. The van der Waals surface area contributed by atoms with E-state index >= 15 is 0 Å². The van der Waals surface area contributed by atoms with Crippen LogP contribution >= 0.6 is 0 Å². The molecule has 1 aromatic rings. The molecule has 1 rings (SSSR count). The number of hydrogen-bond acceptors (Lipinski definition) is 5. The van der Waals surface area contributed by atoms with Crippen molar-refractivity contribution >= 4 is 9.84 Å². The molecule has 0 fully saturated rings. The van der Waals surface area contributed by atoms with Crippen LogP contribution in [0.15, 0.2) is 18.2 Å². The van der Waals surface area contributed by atoms with E-state index in [0.717, 1.165) is 0 Å². The lowest BCUT2D eigenvalue weighted by Crippen LogP contribution is -2.13. The molecular formula is C12H16N2O3S. The van der Waals surface area contributed by atoms with Crippen LogP contribution in [0.5, 0.6) is 5.75 Å².